The summed E-state index contributed by atoms with van der Waals surface area (Å²) in [5.41, 5.74) is 0. The first kappa shape index (κ1) is 16.5. The van der Waals surface area contributed by atoms with Gasteiger partial charge in [0.15, 0.2) is 0 Å². The van der Waals surface area contributed by atoms with Crippen LogP contribution in [0.4, 0.5) is 0 Å². The Labute approximate surface area is 139 Å². The number of methoxy groups -OCH3 is 1. The molecule has 4 nitrogen and oxygen atoms in total. The van der Waals surface area contributed by atoms with Crippen LogP contribution in [0.15, 0.2) is 12.2 Å². The Hall–Kier alpha value is -1.32. The first-order chi connectivity index (χ1) is 11.1. The van der Waals surface area contributed by atoms with Crippen LogP contribution in [0.2, 0.25) is 0 Å². The van der Waals surface area contributed by atoms with Crippen LogP contribution in [0.1, 0.15) is 51.9 Å². The number of hydrogen-bond donors (Lipinski definition) is 0. The predicted octanol–water partition coefficient (Wildman–Crippen LogP) is 3.17. The van der Waals surface area contributed by atoms with Crippen molar-refractivity contribution in [3.8, 4) is 0 Å². The van der Waals surface area contributed by atoms with E-state index in [4.69, 9.17) is 4.74 Å². The predicted molar refractivity (Wildman–Crippen MR) is 88.6 cm³/mol. The van der Waals surface area contributed by atoms with Crippen LogP contribution in [0.25, 0.3) is 0 Å². The molecular formula is C19H29NO3. The number of rotatable bonds is 4. The maximum absolute atomic E-state index is 13.2. The highest BCUT2D eigenvalue weighted by Gasteiger charge is 2.43. The molecule has 4 heteroatoms. The van der Waals surface area contributed by atoms with Crippen molar-refractivity contribution in [1.29, 1.82) is 0 Å². The first-order valence-electron chi connectivity index (χ1n) is 9.19. The Kier molecular flexibility index (Phi) is 5.08. The van der Waals surface area contributed by atoms with Crippen molar-refractivity contribution < 1.29 is 14.3 Å². The smallest absolute Gasteiger partial charge is 0.325 e. The lowest BCUT2D eigenvalue weighted by Crippen LogP contribution is -2.46. The molecule has 0 radical (unpaired) electrons. The van der Waals surface area contributed by atoms with E-state index in [0.29, 0.717) is 5.92 Å². The van der Waals surface area contributed by atoms with Gasteiger partial charge in [-0.05, 0) is 56.3 Å². The number of fused-ring (bicyclic) bond motifs is 2. The average molecular weight is 319 g/mol. The Morgan fingerprint density at radius 1 is 1.22 bits per heavy atom. The third kappa shape index (κ3) is 3.31. The van der Waals surface area contributed by atoms with E-state index in [2.05, 4.69) is 19.1 Å². The third-order valence-electron chi connectivity index (χ3n) is 6.21. The highest BCUT2D eigenvalue weighted by Crippen LogP contribution is 2.48. The van der Waals surface area contributed by atoms with Gasteiger partial charge in [0.25, 0.3) is 0 Å². The van der Waals surface area contributed by atoms with Gasteiger partial charge in [0.05, 0.1) is 13.2 Å². The van der Waals surface area contributed by atoms with Crippen molar-refractivity contribution in [2.24, 2.45) is 23.7 Å². The number of carbonyl (C=O) groups excluding carboxylic acids is 2. The van der Waals surface area contributed by atoms with Crippen LogP contribution in [-0.4, -0.2) is 36.5 Å². The number of hydrogen-bond acceptors (Lipinski definition) is 3. The molecule has 0 aromatic carbocycles. The van der Waals surface area contributed by atoms with Crippen molar-refractivity contribution in [1.82, 2.24) is 4.90 Å². The summed E-state index contributed by atoms with van der Waals surface area (Å²) in [7, 11) is 1.39. The number of nitrogens with zero attached hydrogens (tertiary/aromatic N) is 1. The molecule has 3 unspecified atom stereocenters. The van der Waals surface area contributed by atoms with E-state index in [0.717, 1.165) is 37.5 Å². The van der Waals surface area contributed by atoms with Gasteiger partial charge in [-0.15, -0.1) is 0 Å². The minimum atomic E-state index is -0.318. The second-order valence-electron chi connectivity index (χ2n) is 7.46. The van der Waals surface area contributed by atoms with E-state index >= 15 is 0 Å². The molecule has 2 aliphatic carbocycles. The summed E-state index contributed by atoms with van der Waals surface area (Å²) in [6.45, 7) is 2.21. The minimum Gasteiger partial charge on any atom is -0.468 e. The summed E-state index contributed by atoms with van der Waals surface area (Å²) in [6.07, 6.45) is 12.4. The van der Waals surface area contributed by atoms with Gasteiger partial charge in [0.2, 0.25) is 5.91 Å². The molecule has 5 atom stereocenters. The van der Waals surface area contributed by atoms with Crippen molar-refractivity contribution in [2.45, 2.75) is 57.9 Å². The molecule has 2 saturated carbocycles. The summed E-state index contributed by atoms with van der Waals surface area (Å²) in [5, 5.41) is 0. The lowest BCUT2D eigenvalue weighted by Gasteiger charge is -2.37. The summed E-state index contributed by atoms with van der Waals surface area (Å²) < 4.78 is 4.82. The molecular weight excluding hydrogens is 290 g/mol. The Bertz CT molecular complexity index is 487. The molecule has 1 heterocycles. The van der Waals surface area contributed by atoms with Crippen molar-refractivity contribution in [2.75, 3.05) is 13.7 Å². The van der Waals surface area contributed by atoms with Gasteiger partial charge < -0.3 is 9.64 Å². The molecule has 0 bridgehead atoms. The molecule has 0 spiro atoms. The summed E-state index contributed by atoms with van der Waals surface area (Å²) in [6, 6.07) is 0.0377. The van der Waals surface area contributed by atoms with E-state index in [9.17, 15) is 9.59 Å². The molecule has 128 valence electrons. The topological polar surface area (TPSA) is 46.6 Å². The zero-order valence-corrected chi connectivity index (χ0v) is 14.4. The van der Waals surface area contributed by atoms with Gasteiger partial charge in [0, 0.05) is 5.92 Å². The number of esters is 1. The van der Waals surface area contributed by atoms with Crippen LogP contribution < -0.4 is 0 Å². The summed E-state index contributed by atoms with van der Waals surface area (Å²) >= 11 is 0. The monoisotopic (exact) mass is 319 g/mol. The van der Waals surface area contributed by atoms with Crippen LogP contribution in [0, 0.1) is 23.7 Å². The Morgan fingerprint density at radius 2 is 1.96 bits per heavy atom. The van der Waals surface area contributed by atoms with E-state index < -0.39 is 0 Å². The van der Waals surface area contributed by atoms with E-state index in [-0.39, 0.29) is 30.4 Å². The fraction of sp³-hybridized carbons (Fsp3) is 0.789. The highest BCUT2D eigenvalue weighted by molar-refractivity contribution is 5.85. The van der Waals surface area contributed by atoms with Crippen LogP contribution in [0.5, 0.6) is 0 Å². The second kappa shape index (κ2) is 7.06. The maximum Gasteiger partial charge on any atom is 0.325 e. The van der Waals surface area contributed by atoms with Gasteiger partial charge in [0.1, 0.15) is 6.54 Å². The summed E-state index contributed by atoms with van der Waals surface area (Å²) in [4.78, 5) is 26.8. The van der Waals surface area contributed by atoms with Crippen LogP contribution in [-0.2, 0) is 14.3 Å². The Balaban J connectivity index is 1.83. The molecule has 1 amide bonds. The lowest BCUT2D eigenvalue weighted by molar-refractivity contribution is -0.150. The lowest BCUT2D eigenvalue weighted by atomic mass is 9.70. The molecule has 0 N–H and O–H groups in total. The quantitative estimate of drug-likeness (QED) is 0.590. The Morgan fingerprint density at radius 3 is 2.61 bits per heavy atom. The van der Waals surface area contributed by atoms with Gasteiger partial charge in [-0.3, -0.25) is 9.59 Å². The molecule has 1 aliphatic heterocycles. The first-order valence-corrected chi connectivity index (χ1v) is 9.19. The van der Waals surface area contributed by atoms with E-state index in [1.807, 2.05) is 0 Å². The molecule has 3 aliphatic rings. The molecule has 23 heavy (non-hydrogen) atoms. The van der Waals surface area contributed by atoms with Crippen LogP contribution >= 0.6 is 0 Å². The molecule has 3 rings (SSSR count). The summed E-state index contributed by atoms with van der Waals surface area (Å²) in [5.74, 6) is 1.84. The maximum atomic E-state index is 13.2. The van der Waals surface area contributed by atoms with Gasteiger partial charge in [-0.1, -0.05) is 25.5 Å². The average Bonchev–Trinajstić information content (AvgIpc) is 2.72. The van der Waals surface area contributed by atoms with Gasteiger partial charge in [-0.25, -0.2) is 0 Å². The standard InChI is InChI=1S/C19H29NO3/c1-3-4-16-10-9-14-7-5-13-6-8-15(13)11-17(14)19(22)20(16)12-18(21)23-2/h9-10,13-17H,3-8,11-12H2,1-2H3/t13?,14?,15?,16-,17+/m1/s1. The SMILES string of the molecule is CCC[C@@H]1C=CC2CCC3CCC3C[C@@H]2C(=O)N1CC(=O)OC. The second-order valence-corrected chi connectivity index (χ2v) is 7.46. The molecule has 2 fully saturated rings. The molecule has 0 aromatic heterocycles. The normalized spacial score (nSPS) is 36.3. The largest absolute Gasteiger partial charge is 0.468 e. The molecule has 0 saturated heterocycles. The van der Waals surface area contributed by atoms with Gasteiger partial charge in [-0.2, -0.15) is 0 Å². The minimum absolute atomic E-state index is 0.0377. The number of amides is 1. The van der Waals surface area contributed by atoms with Crippen molar-refractivity contribution in [3.05, 3.63) is 12.2 Å². The van der Waals surface area contributed by atoms with E-state index in [1.54, 1.807) is 4.90 Å². The zero-order chi connectivity index (χ0) is 16.4. The third-order valence-corrected chi connectivity index (χ3v) is 6.21. The fourth-order valence-electron chi connectivity index (χ4n) is 4.65. The number of carbonyl (C=O) groups is 2. The number of ether oxygens (including phenoxy) is 1. The fourth-order valence-corrected chi connectivity index (χ4v) is 4.65. The number of allylic oxidation sites excluding steroid dienone is 1. The van der Waals surface area contributed by atoms with Crippen molar-refractivity contribution >= 4 is 11.9 Å². The zero-order valence-electron chi connectivity index (χ0n) is 14.4. The highest BCUT2D eigenvalue weighted by atomic mass is 16.5. The van der Waals surface area contributed by atoms with Gasteiger partial charge >= 0.3 is 5.97 Å². The molecule has 0 aromatic rings. The van der Waals surface area contributed by atoms with Crippen molar-refractivity contribution in [3.63, 3.8) is 0 Å². The van der Waals surface area contributed by atoms with Crippen LogP contribution in [0.3, 0.4) is 0 Å². The van der Waals surface area contributed by atoms with E-state index in [1.165, 1.54) is 26.4 Å².